The number of rotatable bonds is 4. The van der Waals surface area contributed by atoms with E-state index in [0.29, 0.717) is 5.92 Å². The Balaban J connectivity index is 1.47. The first kappa shape index (κ1) is 20.1. The fourth-order valence-electron chi connectivity index (χ4n) is 4.69. The smallest absolute Gasteiger partial charge is 0.141 e. The molecule has 2 aromatic carbocycles. The zero-order chi connectivity index (χ0) is 21.4. The molecule has 3 nitrogen and oxygen atoms in total. The molecular weight excluding hydrogens is 405 g/mol. The van der Waals surface area contributed by atoms with Crippen molar-refractivity contribution in [1.82, 2.24) is 9.97 Å². The number of halogens is 1. The Kier molecular flexibility index (Phi) is 5.45. The molecule has 5 heteroatoms. The summed E-state index contributed by atoms with van der Waals surface area (Å²) in [4.78, 5) is 14.3. The molecule has 0 radical (unpaired) electrons. The van der Waals surface area contributed by atoms with E-state index < -0.39 is 0 Å². The van der Waals surface area contributed by atoms with Gasteiger partial charge >= 0.3 is 0 Å². The Hall–Kier alpha value is -2.79. The lowest BCUT2D eigenvalue weighted by Crippen LogP contribution is -2.35. The van der Waals surface area contributed by atoms with Crippen molar-refractivity contribution in [2.45, 2.75) is 33.1 Å². The van der Waals surface area contributed by atoms with Gasteiger partial charge in [0.2, 0.25) is 0 Å². The number of thiophene rings is 1. The molecule has 0 atom stereocenters. The van der Waals surface area contributed by atoms with Crippen LogP contribution < -0.4 is 4.90 Å². The minimum Gasteiger partial charge on any atom is -0.356 e. The first-order chi connectivity index (χ1) is 15.1. The molecule has 31 heavy (non-hydrogen) atoms. The molecule has 3 heterocycles. The van der Waals surface area contributed by atoms with Crippen LogP contribution in [0.25, 0.3) is 21.3 Å². The highest BCUT2D eigenvalue weighted by atomic mass is 32.1. The average molecular weight is 432 g/mol. The maximum atomic E-state index is 13.5. The second-order valence-corrected chi connectivity index (χ2v) is 9.64. The normalized spacial score (nSPS) is 15.0. The number of anilines is 1. The van der Waals surface area contributed by atoms with Crippen LogP contribution in [0.1, 0.15) is 29.1 Å². The summed E-state index contributed by atoms with van der Waals surface area (Å²) in [6, 6.07) is 17.6. The van der Waals surface area contributed by atoms with Crippen LogP contribution in [0.2, 0.25) is 0 Å². The van der Waals surface area contributed by atoms with Gasteiger partial charge in [0.1, 0.15) is 22.3 Å². The summed E-state index contributed by atoms with van der Waals surface area (Å²) in [7, 11) is 0. The van der Waals surface area contributed by atoms with Gasteiger partial charge in [-0.3, -0.25) is 0 Å². The summed E-state index contributed by atoms with van der Waals surface area (Å²) in [5, 5.41) is 1.11. The fraction of sp³-hybridized carbons (Fsp3) is 0.308. The SMILES string of the molecule is Cc1nc(N2CCC(Cc3ccccc3)CC2)c2c(-c3ccc(F)cc3)c(C)sc2n1. The van der Waals surface area contributed by atoms with Crippen LogP contribution in [0.4, 0.5) is 10.2 Å². The molecule has 1 fully saturated rings. The number of fused-ring (bicyclic) bond motifs is 1. The van der Waals surface area contributed by atoms with Crippen LogP contribution in [0.5, 0.6) is 0 Å². The maximum absolute atomic E-state index is 13.5. The number of nitrogens with zero attached hydrogens (tertiary/aromatic N) is 3. The first-order valence-electron chi connectivity index (χ1n) is 10.9. The van der Waals surface area contributed by atoms with Gasteiger partial charge in [-0.15, -0.1) is 11.3 Å². The Morgan fingerprint density at radius 1 is 0.968 bits per heavy atom. The van der Waals surface area contributed by atoms with Crippen molar-refractivity contribution in [3.05, 3.63) is 76.7 Å². The summed E-state index contributed by atoms with van der Waals surface area (Å²) in [6.45, 7) is 6.09. The minimum atomic E-state index is -0.214. The molecule has 1 saturated heterocycles. The van der Waals surface area contributed by atoms with Crippen molar-refractivity contribution in [3.63, 3.8) is 0 Å². The van der Waals surface area contributed by atoms with Gasteiger partial charge in [-0.05, 0) is 62.3 Å². The second-order valence-electron chi connectivity index (χ2n) is 8.43. The predicted molar refractivity (Wildman–Crippen MR) is 127 cm³/mol. The third-order valence-electron chi connectivity index (χ3n) is 6.23. The second kappa shape index (κ2) is 8.39. The van der Waals surface area contributed by atoms with E-state index in [0.717, 1.165) is 65.3 Å². The van der Waals surface area contributed by atoms with Gasteiger partial charge in [0.15, 0.2) is 0 Å². The summed E-state index contributed by atoms with van der Waals surface area (Å²) in [5.41, 5.74) is 3.59. The van der Waals surface area contributed by atoms with E-state index >= 15 is 0 Å². The quantitative estimate of drug-likeness (QED) is 0.366. The fourth-order valence-corrected chi connectivity index (χ4v) is 5.77. The van der Waals surface area contributed by atoms with E-state index in [4.69, 9.17) is 9.97 Å². The largest absolute Gasteiger partial charge is 0.356 e. The van der Waals surface area contributed by atoms with Crippen LogP contribution in [0, 0.1) is 25.6 Å². The van der Waals surface area contributed by atoms with Crippen LogP contribution in [0.15, 0.2) is 54.6 Å². The van der Waals surface area contributed by atoms with Crippen molar-refractivity contribution in [3.8, 4) is 11.1 Å². The monoisotopic (exact) mass is 431 g/mol. The molecule has 1 aliphatic heterocycles. The Morgan fingerprint density at radius 2 is 1.68 bits per heavy atom. The van der Waals surface area contributed by atoms with Crippen LogP contribution in [-0.4, -0.2) is 23.1 Å². The van der Waals surface area contributed by atoms with Gasteiger partial charge < -0.3 is 4.90 Å². The Morgan fingerprint density at radius 3 is 2.39 bits per heavy atom. The van der Waals surface area contributed by atoms with E-state index in [1.54, 1.807) is 11.3 Å². The van der Waals surface area contributed by atoms with E-state index in [2.05, 4.69) is 42.2 Å². The van der Waals surface area contributed by atoms with Gasteiger partial charge in [0, 0.05) is 23.5 Å². The van der Waals surface area contributed by atoms with E-state index in [1.807, 2.05) is 19.1 Å². The molecule has 5 rings (SSSR count). The molecule has 1 aliphatic rings. The Bertz CT molecular complexity index is 1190. The molecule has 4 aromatic rings. The number of aryl methyl sites for hydroxylation is 2. The molecule has 2 aromatic heterocycles. The molecule has 0 bridgehead atoms. The maximum Gasteiger partial charge on any atom is 0.141 e. The van der Waals surface area contributed by atoms with Crippen LogP contribution in [-0.2, 0) is 6.42 Å². The highest BCUT2D eigenvalue weighted by Crippen LogP contribution is 2.42. The van der Waals surface area contributed by atoms with Crippen molar-refractivity contribution in [2.75, 3.05) is 18.0 Å². The third kappa shape index (κ3) is 4.07. The number of benzene rings is 2. The molecule has 0 amide bonds. The summed E-state index contributed by atoms with van der Waals surface area (Å²) >= 11 is 1.70. The highest BCUT2D eigenvalue weighted by molar-refractivity contribution is 7.19. The molecule has 0 N–H and O–H groups in total. The third-order valence-corrected chi connectivity index (χ3v) is 7.23. The van der Waals surface area contributed by atoms with Gasteiger partial charge in [-0.2, -0.15) is 0 Å². The van der Waals surface area contributed by atoms with Crippen molar-refractivity contribution in [2.24, 2.45) is 5.92 Å². The van der Waals surface area contributed by atoms with Crippen molar-refractivity contribution < 1.29 is 4.39 Å². The number of hydrogen-bond donors (Lipinski definition) is 0. The first-order valence-corrected chi connectivity index (χ1v) is 11.7. The number of aromatic nitrogens is 2. The molecule has 158 valence electrons. The van der Waals surface area contributed by atoms with Gasteiger partial charge in [-0.1, -0.05) is 42.5 Å². The lowest BCUT2D eigenvalue weighted by Gasteiger charge is -2.33. The van der Waals surface area contributed by atoms with Gasteiger partial charge in [0.05, 0.1) is 5.39 Å². The minimum absolute atomic E-state index is 0.214. The van der Waals surface area contributed by atoms with Crippen LogP contribution >= 0.6 is 11.3 Å². The van der Waals surface area contributed by atoms with Crippen molar-refractivity contribution in [1.29, 1.82) is 0 Å². The molecule has 0 saturated carbocycles. The zero-order valence-electron chi connectivity index (χ0n) is 17.9. The molecular formula is C26H26FN3S. The van der Waals surface area contributed by atoms with Crippen LogP contribution in [0.3, 0.4) is 0 Å². The van der Waals surface area contributed by atoms with E-state index in [-0.39, 0.29) is 5.82 Å². The van der Waals surface area contributed by atoms with Gasteiger partial charge in [-0.25, -0.2) is 14.4 Å². The lowest BCUT2D eigenvalue weighted by atomic mass is 9.90. The summed E-state index contributed by atoms with van der Waals surface area (Å²) in [5.74, 6) is 2.33. The van der Waals surface area contributed by atoms with Crippen molar-refractivity contribution >= 4 is 27.4 Å². The van der Waals surface area contributed by atoms with E-state index in [1.165, 1.54) is 22.6 Å². The number of piperidine rings is 1. The standard InChI is InChI=1S/C26H26FN3S/c1-17-23(21-8-10-22(27)11-9-21)24-25(28-18(2)29-26(24)31-17)30-14-12-20(13-15-30)16-19-6-4-3-5-7-19/h3-11,20H,12-16H2,1-2H3. The predicted octanol–water partition coefficient (Wildman–Crippen LogP) is 6.57. The molecule has 0 aliphatic carbocycles. The summed E-state index contributed by atoms with van der Waals surface area (Å²) in [6.07, 6.45) is 3.47. The number of hydrogen-bond acceptors (Lipinski definition) is 4. The zero-order valence-corrected chi connectivity index (χ0v) is 18.8. The molecule has 0 unspecified atom stereocenters. The summed E-state index contributed by atoms with van der Waals surface area (Å²) < 4.78 is 13.5. The lowest BCUT2D eigenvalue weighted by molar-refractivity contribution is 0.402. The Labute approximate surface area is 186 Å². The average Bonchev–Trinajstić information content (AvgIpc) is 3.10. The highest BCUT2D eigenvalue weighted by Gasteiger charge is 2.25. The van der Waals surface area contributed by atoms with E-state index in [9.17, 15) is 4.39 Å². The topological polar surface area (TPSA) is 29.0 Å². The molecule has 0 spiro atoms. The van der Waals surface area contributed by atoms with Gasteiger partial charge in [0.25, 0.3) is 0 Å².